The van der Waals surface area contributed by atoms with Crippen LogP contribution >= 0.6 is 0 Å². The van der Waals surface area contributed by atoms with Crippen LogP contribution in [0.15, 0.2) is 67.0 Å². The van der Waals surface area contributed by atoms with Crippen LogP contribution in [0.3, 0.4) is 0 Å². The highest BCUT2D eigenvalue weighted by Crippen LogP contribution is 2.43. The fraction of sp³-hybridized carbons (Fsp3) is 0.0952. The Kier molecular flexibility index (Phi) is 2.77. The molecule has 1 aliphatic rings. The highest BCUT2D eigenvalue weighted by atomic mass is 14.9. The summed E-state index contributed by atoms with van der Waals surface area (Å²) in [5, 5.41) is 4.95. The van der Waals surface area contributed by atoms with E-state index in [2.05, 4.69) is 83.0 Å². The van der Waals surface area contributed by atoms with E-state index in [0.29, 0.717) is 0 Å². The Morgan fingerprint density at radius 1 is 0.917 bits per heavy atom. The van der Waals surface area contributed by atoms with Gasteiger partial charge < -0.3 is 10.3 Å². The largest absolute Gasteiger partial charge is 0.374 e. The fourth-order valence-corrected chi connectivity index (χ4v) is 3.63. The van der Waals surface area contributed by atoms with Gasteiger partial charge in [-0.05, 0) is 30.2 Å². The highest BCUT2D eigenvalue weighted by Gasteiger charge is 2.25. The Hall–Kier alpha value is -3.07. The molecule has 2 N–H and O–H groups in total. The normalized spacial score (nSPS) is 15.6. The number of hydrogen-bond acceptors (Lipinski definition) is 2. The summed E-state index contributed by atoms with van der Waals surface area (Å²) in [5.41, 5.74) is 8.33. The predicted octanol–water partition coefficient (Wildman–Crippen LogP) is 5.05. The number of rotatable bonds is 1. The third-order valence-corrected chi connectivity index (χ3v) is 4.84. The molecule has 24 heavy (non-hydrogen) atoms. The zero-order chi connectivity index (χ0) is 16.1. The topological polar surface area (TPSA) is 40.7 Å². The van der Waals surface area contributed by atoms with Crippen molar-refractivity contribution in [1.82, 2.24) is 9.97 Å². The number of hydrogen-bond donors (Lipinski definition) is 2. The van der Waals surface area contributed by atoms with Crippen LogP contribution in [0, 0.1) is 6.92 Å². The second-order valence-electron chi connectivity index (χ2n) is 6.36. The maximum Gasteiger partial charge on any atom is 0.138 e. The van der Waals surface area contributed by atoms with E-state index in [-0.39, 0.29) is 6.04 Å². The first-order chi connectivity index (χ1) is 11.8. The predicted molar refractivity (Wildman–Crippen MR) is 98.2 cm³/mol. The number of nitrogens with one attached hydrogen (secondary N) is 2. The van der Waals surface area contributed by atoms with Gasteiger partial charge >= 0.3 is 0 Å². The Bertz CT molecular complexity index is 1040. The third-order valence-electron chi connectivity index (χ3n) is 4.84. The first-order valence-corrected chi connectivity index (χ1v) is 8.20. The molecule has 0 fully saturated rings. The molecule has 3 heterocycles. The van der Waals surface area contributed by atoms with Crippen molar-refractivity contribution >= 4 is 16.7 Å². The molecule has 2 aromatic heterocycles. The Morgan fingerprint density at radius 2 is 1.75 bits per heavy atom. The van der Waals surface area contributed by atoms with Gasteiger partial charge in [0.2, 0.25) is 0 Å². The number of aryl methyl sites for hydroxylation is 1. The van der Waals surface area contributed by atoms with Crippen molar-refractivity contribution in [3.63, 3.8) is 0 Å². The average Bonchev–Trinajstić information content (AvgIpc) is 2.98. The van der Waals surface area contributed by atoms with Crippen molar-refractivity contribution in [3.8, 4) is 11.1 Å². The molecule has 4 aromatic rings. The van der Waals surface area contributed by atoms with Crippen LogP contribution in [-0.4, -0.2) is 9.97 Å². The molecule has 1 atom stereocenters. The molecule has 0 saturated carbocycles. The number of benzene rings is 2. The van der Waals surface area contributed by atoms with Gasteiger partial charge in [0.25, 0.3) is 0 Å². The van der Waals surface area contributed by atoms with Crippen molar-refractivity contribution < 1.29 is 0 Å². The van der Waals surface area contributed by atoms with Gasteiger partial charge in [0, 0.05) is 34.6 Å². The lowest BCUT2D eigenvalue weighted by Gasteiger charge is -2.19. The summed E-state index contributed by atoms with van der Waals surface area (Å²) < 4.78 is 0. The second kappa shape index (κ2) is 4.96. The zero-order valence-corrected chi connectivity index (χ0v) is 13.4. The summed E-state index contributed by atoms with van der Waals surface area (Å²) in [4.78, 5) is 7.86. The first-order valence-electron chi connectivity index (χ1n) is 8.20. The minimum absolute atomic E-state index is 0.103. The molecule has 1 aliphatic heterocycles. The van der Waals surface area contributed by atoms with Gasteiger partial charge in [-0.15, -0.1) is 0 Å². The van der Waals surface area contributed by atoms with Gasteiger partial charge in [-0.3, -0.25) is 0 Å². The minimum atomic E-state index is 0.103. The standard InChI is InChI=1S/C21H17N3/c1-13-6-8-14(9-7-13)20-17-12-23-21-19(17)16(10-11-22-21)15-4-2-3-5-18(15)24-20/h2-12,20,24H,1H3,(H,22,23). The Morgan fingerprint density at radius 3 is 2.62 bits per heavy atom. The van der Waals surface area contributed by atoms with Gasteiger partial charge in [0.15, 0.2) is 0 Å². The lowest BCUT2D eigenvalue weighted by atomic mass is 9.96. The first kappa shape index (κ1) is 13.4. The maximum atomic E-state index is 4.52. The molecule has 1 unspecified atom stereocenters. The lowest BCUT2D eigenvalue weighted by Crippen LogP contribution is -2.11. The SMILES string of the molecule is Cc1ccc(C2Nc3ccccc3-c3ccnc4[nH]cc2c34)cc1. The summed E-state index contributed by atoms with van der Waals surface area (Å²) in [6.07, 6.45) is 3.96. The van der Waals surface area contributed by atoms with E-state index in [1.807, 2.05) is 6.20 Å². The van der Waals surface area contributed by atoms with Crippen LogP contribution < -0.4 is 5.32 Å². The van der Waals surface area contributed by atoms with E-state index in [0.717, 1.165) is 11.3 Å². The van der Waals surface area contributed by atoms with Crippen LogP contribution in [-0.2, 0) is 0 Å². The molecule has 116 valence electrons. The average molecular weight is 311 g/mol. The smallest absolute Gasteiger partial charge is 0.138 e. The molecule has 0 amide bonds. The van der Waals surface area contributed by atoms with Crippen LogP contribution in [0.1, 0.15) is 22.7 Å². The number of anilines is 1. The summed E-state index contributed by atoms with van der Waals surface area (Å²) in [6, 6.07) is 19.5. The van der Waals surface area contributed by atoms with E-state index in [1.165, 1.54) is 33.2 Å². The number of aromatic nitrogens is 2. The van der Waals surface area contributed by atoms with Crippen LogP contribution in [0.2, 0.25) is 0 Å². The van der Waals surface area contributed by atoms with Crippen LogP contribution in [0.4, 0.5) is 5.69 Å². The van der Waals surface area contributed by atoms with Crippen molar-refractivity contribution in [3.05, 3.63) is 83.7 Å². The molecular weight excluding hydrogens is 294 g/mol. The molecule has 0 spiro atoms. The highest BCUT2D eigenvalue weighted by molar-refractivity contribution is 6.01. The monoisotopic (exact) mass is 311 g/mol. The van der Waals surface area contributed by atoms with Gasteiger partial charge in [-0.1, -0.05) is 48.0 Å². The Labute approximate surface area is 140 Å². The molecule has 0 saturated heterocycles. The van der Waals surface area contributed by atoms with E-state index < -0.39 is 0 Å². The van der Waals surface area contributed by atoms with Gasteiger partial charge in [-0.2, -0.15) is 0 Å². The molecule has 0 radical (unpaired) electrons. The quantitative estimate of drug-likeness (QED) is 0.516. The van der Waals surface area contributed by atoms with Gasteiger partial charge in [0.05, 0.1) is 6.04 Å². The fourth-order valence-electron chi connectivity index (χ4n) is 3.63. The van der Waals surface area contributed by atoms with Crippen LogP contribution in [0.5, 0.6) is 0 Å². The van der Waals surface area contributed by atoms with Crippen molar-refractivity contribution in [1.29, 1.82) is 0 Å². The number of pyridine rings is 1. The minimum Gasteiger partial charge on any atom is -0.374 e. The lowest BCUT2D eigenvalue weighted by molar-refractivity contribution is 0.952. The third kappa shape index (κ3) is 1.88. The van der Waals surface area contributed by atoms with E-state index in [4.69, 9.17) is 0 Å². The molecule has 3 heteroatoms. The van der Waals surface area contributed by atoms with Crippen LogP contribution in [0.25, 0.3) is 22.2 Å². The van der Waals surface area contributed by atoms with Gasteiger partial charge in [0.1, 0.15) is 5.65 Å². The summed E-state index contributed by atoms with van der Waals surface area (Å²) in [6.45, 7) is 2.12. The van der Waals surface area contributed by atoms with Crippen molar-refractivity contribution in [2.45, 2.75) is 13.0 Å². The molecule has 5 rings (SSSR count). The molecule has 0 bridgehead atoms. The summed E-state index contributed by atoms with van der Waals surface area (Å²) >= 11 is 0. The van der Waals surface area contributed by atoms with E-state index >= 15 is 0 Å². The van der Waals surface area contributed by atoms with Crippen molar-refractivity contribution in [2.75, 3.05) is 5.32 Å². The summed E-state index contributed by atoms with van der Waals surface area (Å²) in [7, 11) is 0. The number of H-pyrrole nitrogens is 1. The molecule has 0 aliphatic carbocycles. The number of nitrogens with zero attached hydrogens (tertiary/aromatic N) is 1. The number of fused-ring (bicyclic) bond motifs is 2. The number of para-hydroxylation sites is 1. The number of aromatic amines is 1. The van der Waals surface area contributed by atoms with Gasteiger partial charge in [-0.25, -0.2) is 4.98 Å². The Balaban J connectivity index is 1.83. The molecular formula is C21H17N3. The maximum absolute atomic E-state index is 4.52. The molecule has 3 nitrogen and oxygen atoms in total. The van der Waals surface area contributed by atoms with E-state index in [9.17, 15) is 0 Å². The zero-order valence-electron chi connectivity index (χ0n) is 13.4. The molecule has 2 aromatic carbocycles. The van der Waals surface area contributed by atoms with E-state index in [1.54, 1.807) is 0 Å². The second-order valence-corrected chi connectivity index (χ2v) is 6.36. The van der Waals surface area contributed by atoms with Crippen molar-refractivity contribution in [2.24, 2.45) is 0 Å². The summed E-state index contributed by atoms with van der Waals surface area (Å²) in [5.74, 6) is 0.